The first-order valence-corrected chi connectivity index (χ1v) is 9.68. The Hall–Kier alpha value is -1.98. The Morgan fingerprint density at radius 1 is 0.714 bits per heavy atom. The topological polar surface area (TPSA) is 58.2 Å². The van der Waals surface area contributed by atoms with Crippen molar-refractivity contribution in [3.63, 3.8) is 0 Å². The molecule has 28 heavy (non-hydrogen) atoms. The summed E-state index contributed by atoms with van der Waals surface area (Å²) in [5, 5.41) is 7.27. The van der Waals surface area contributed by atoms with Gasteiger partial charge >= 0.3 is 0 Å². The van der Waals surface area contributed by atoms with Gasteiger partial charge in [0, 0.05) is 45.3 Å². The third-order valence-electron chi connectivity index (χ3n) is 3.48. The molecule has 2 amide bonds. The van der Waals surface area contributed by atoms with E-state index in [0.29, 0.717) is 31.2 Å². The van der Waals surface area contributed by atoms with Crippen molar-refractivity contribution >= 4 is 70.4 Å². The van der Waals surface area contributed by atoms with Crippen LogP contribution in [-0.4, -0.2) is 24.9 Å². The molecular formula is C20H16Cl4N2O2. The zero-order valence-corrected chi connectivity index (χ0v) is 17.5. The lowest BCUT2D eigenvalue weighted by molar-refractivity contribution is -0.118. The molecule has 0 aliphatic rings. The Balaban J connectivity index is 1.72. The summed E-state index contributed by atoms with van der Waals surface area (Å²) < 4.78 is 0. The molecule has 0 saturated heterocycles. The van der Waals surface area contributed by atoms with Gasteiger partial charge in [0.2, 0.25) is 11.8 Å². The third-order valence-corrected chi connectivity index (χ3v) is 4.60. The average Bonchev–Trinajstić information content (AvgIpc) is 2.64. The fourth-order valence-electron chi connectivity index (χ4n) is 2.09. The van der Waals surface area contributed by atoms with E-state index in [4.69, 9.17) is 46.4 Å². The van der Waals surface area contributed by atoms with Crippen molar-refractivity contribution in [2.45, 2.75) is 0 Å². The minimum atomic E-state index is -0.302. The van der Waals surface area contributed by atoms with Crippen LogP contribution < -0.4 is 10.6 Å². The molecule has 0 fully saturated rings. The van der Waals surface area contributed by atoms with Crippen LogP contribution in [0.5, 0.6) is 0 Å². The van der Waals surface area contributed by atoms with Crippen LogP contribution in [0.25, 0.3) is 12.2 Å². The van der Waals surface area contributed by atoms with Gasteiger partial charge in [-0.2, -0.15) is 0 Å². The van der Waals surface area contributed by atoms with Crippen molar-refractivity contribution in [3.8, 4) is 0 Å². The number of hydrogen-bond donors (Lipinski definition) is 2. The normalized spacial score (nSPS) is 11.1. The molecule has 0 bridgehead atoms. The molecule has 8 heteroatoms. The minimum absolute atomic E-state index is 0.277. The summed E-state index contributed by atoms with van der Waals surface area (Å²) in [7, 11) is 0. The van der Waals surface area contributed by atoms with Crippen LogP contribution in [-0.2, 0) is 9.59 Å². The Bertz CT molecular complexity index is 851. The lowest BCUT2D eigenvalue weighted by Crippen LogP contribution is -2.33. The highest BCUT2D eigenvalue weighted by atomic mass is 35.5. The second-order valence-electron chi connectivity index (χ2n) is 5.58. The largest absolute Gasteiger partial charge is 0.351 e. The molecule has 2 N–H and O–H groups in total. The zero-order chi connectivity index (χ0) is 20.5. The van der Waals surface area contributed by atoms with Crippen LogP contribution in [0.3, 0.4) is 0 Å². The highest BCUT2D eigenvalue weighted by Crippen LogP contribution is 2.22. The Kier molecular flexibility index (Phi) is 8.87. The van der Waals surface area contributed by atoms with Crippen molar-refractivity contribution < 1.29 is 9.59 Å². The lowest BCUT2D eigenvalue weighted by Gasteiger charge is -2.04. The van der Waals surface area contributed by atoms with Gasteiger partial charge < -0.3 is 10.6 Å². The third kappa shape index (κ3) is 7.56. The van der Waals surface area contributed by atoms with Gasteiger partial charge in [0.05, 0.1) is 0 Å². The maximum absolute atomic E-state index is 11.8. The minimum Gasteiger partial charge on any atom is -0.351 e. The summed E-state index contributed by atoms with van der Waals surface area (Å²) >= 11 is 23.7. The fourth-order valence-corrected chi connectivity index (χ4v) is 3.04. The molecule has 146 valence electrons. The molecule has 0 aromatic heterocycles. The summed E-state index contributed by atoms with van der Waals surface area (Å²) in [6, 6.07) is 10.0. The monoisotopic (exact) mass is 456 g/mol. The SMILES string of the molecule is O=C(C=Cc1ccc(Cl)cc1Cl)NCCNC(=O)C=Cc1ccc(Cl)cc1Cl. The van der Waals surface area contributed by atoms with Gasteiger partial charge in [-0.05, 0) is 47.5 Å². The summed E-state index contributed by atoms with van der Waals surface area (Å²) in [6.45, 7) is 0.553. The van der Waals surface area contributed by atoms with Crippen LogP contribution in [0.4, 0.5) is 0 Å². The smallest absolute Gasteiger partial charge is 0.244 e. The molecule has 0 heterocycles. The second-order valence-corrected chi connectivity index (χ2v) is 7.27. The van der Waals surface area contributed by atoms with Crippen LogP contribution >= 0.6 is 46.4 Å². The number of benzene rings is 2. The number of halogens is 4. The van der Waals surface area contributed by atoms with Crippen LogP contribution in [0.1, 0.15) is 11.1 Å². The molecule has 4 nitrogen and oxygen atoms in total. The fraction of sp³-hybridized carbons (Fsp3) is 0.100. The van der Waals surface area contributed by atoms with Gasteiger partial charge in [0.1, 0.15) is 0 Å². The summed E-state index contributed by atoms with van der Waals surface area (Å²) in [5.41, 5.74) is 1.36. The Morgan fingerprint density at radius 2 is 1.11 bits per heavy atom. The van der Waals surface area contributed by atoms with Crippen molar-refractivity contribution in [1.82, 2.24) is 10.6 Å². The first-order chi connectivity index (χ1) is 13.3. The van der Waals surface area contributed by atoms with Crippen molar-refractivity contribution in [1.29, 1.82) is 0 Å². The molecule has 0 spiro atoms. The number of hydrogen-bond acceptors (Lipinski definition) is 2. The van der Waals surface area contributed by atoms with E-state index in [1.54, 1.807) is 48.6 Å². The van der Waals surface area contributed by atoms with Gasteiger partial charge in [0.25, 0.3) is 0 Å². The average molecular weight is 458 g/mol. The highest BCUT2D eigenvalue weighted by molar-refractivity contribution is 6.36. The molecule has 2 aromatic carbocycles. The summed E-state index contributed by atoms with van der Waals surface area (Å²) in [5.74, 6) is -0.604. The maximum atomic E-state index is 11.8. The van der Waals surface area contributed by atoms with E-state index in [9.17, 15) is 9.59 Å². The second kappa shape index (κ2) is 11.1. The lowest BCUT2D eigenvalue weighted by atomic mass is 10.2. The first kappa shape index (κ1) is 22.3. The Morgan fingerprint density at radius 3 is 1.46 bits per heavy atom. The summed E-state index contributed by atoms with van der Waals surface area (Å²) in [6.07, 6.45) is 5.90. The first-order valence-electron chi connectivity index (χ1n) is 8.17. The number of amides is 2. The molecule has 0 aliphatic heterocycles. The number of carbonyl (C=O) groups is 2. The van der Waals surface area contributed by atoms with Crippen molar-refractivity contribution in [3.05, 3.63) is 79.8 Å². The van der Waals surface area contributed by atoms with Gasteiger partial charge in [-0.1, -0.05) is 58.5 Å². The van der Waals surface area contributed by atoms with Gasteiger partial charge in [-0.25, -0.2) is 0 Å². The van der Waals surface area contributed by atoms with Crippen LogP contribution in [0.2, 0.25) is 20.1 Å². The molecule has 0 atom stereocenters. The molecule has 2 aromatic rings. The molecule has 0 unspecified atom stereocenters. The molecule has 0 radical (unpaired) electrons. The molecule has 0 saturated carbocycles. The predicted octanol–water partition coefficient (Wildman–Crippen LogP) is 5.26. The highest BCUT2D eigenvalue weighted by Gasteiger charge is 2.01. The van der Waals surface area contributed by atoms with E-state index in [0.717, 1.165) is 0 Å². The van der Waals surface area contributed by atoms with E-state index in [2.05, 4.69) is 10.6 Å². The van der Waals surface area contributed by atoms with Crippen molar-refractivity contribution in [2.75, 3.05) is 13.1 Å². The van der Waals surface area contributed by atoms with E-state index in [1.165, 1.54) is 12.2 Å². The standard InChI is InChI=1S/C20H16Cl4N2O2/c21-15-5-1-13(17(23)11-15)3-7-19(27)25-9-10-26-20(28)8-4-14-2-6-16(22)12-18(14)24/h1-8,11-12H,9-10H2,(H,25,27)(H,26,28). The van der Waals surface area contributed by atoms with Gasteiger partial charge in [0.15, 0.2) is 0 Å². The number of nitrogens with one attached hydrogen (secondary N) is 2. The maximum Gasteiger partial charge on any atom is 0.244 e. The number of carbonyl (C=O) groups excluding carboxylic acids is 2. The van der Waals surface area contributed by atoms with E-state index < -0.39 is 0 Å². The summed E-state index contributed by atoms with van der Waals surface area (Å²) in [4.78, 5) is 23.6. The van der Waals surface area contributed by atoms with Crippen LogP contribution in [0, 0.1) is 0 Å². The quantitative estimate of drug-likeness (QED) is 0.440. The van der Waals surface area contributed by atoms with E-state index in [1.807, 2.05) is 0 Å². The molecular weight excluding hydrogens is 442 g/mol. The van der Waals surface area contributed by atoms with Crippen molar-refractivity contribution in [2.24, 2.45) is 0 Å². The molecule has 0 aliphatic carbocycles. The predicted molar refractivity (Wildman–Crippen MR) is 117 cm³/mol. The van der Waals surface area contributed by atoms with E-state index >= 15 is 0 Å². The molecule has 2 rings (SSSR count). The van der Waals surface area contributed by atoms with Gasteiger partial charge in [-0.3, -0.25) is 9.59 Å². The zero-order valence-electron chi connectivity index (χ0n) is 14.5. The Labute approximate surface area is 183 Å². The van der Waals surface area contributed by atoms with Gasteiger partial charge in [-0.15, -0.1) is 0 Å². The van der Waals surface area contributed by atoms with Crippen LogP contribution in [0.15, 0.2) is 48.6 Å². The van der Waals surface area contributed by atoms with E-state index in [-0.39, 0.29) is 24.9 Å². The number of rotatable bonds is 7.